The maximum Gasteiger partial charge on any atom is 0.407 e. The highest BCUT2D eigenvalue weighted by molar-refractivity contribution is 7.89. The molecule has 0 unspecified atom stereocenters. The molecule has 5 N–H and O–H groups in total. The Balaban J connectivity index is 1.73. The zero-order chi connectivity index (χ0) is 37.1. The highest BCUT2D eigenvalue weighted by atomic mass is 35.5. The summed E-state index contributed by atoms with van der Waals surface area (Å²) in [6.07, 6.45) is 0.130. The van der Waals surface area contributed by atoms with Crippen LogP contribution in [0.5, 0.6) is 0 Å². The predicted octanol–water partition coefficient (Wildman–Crippen LogP) is 4.88. The van der Waals surface area contributed by atoms with Gasteiger partial charge in [0.15, 0.2) is 0 Å². The van der Waals surface area contributed by atoms with Crippen LogP contribution in [0.3, 0.4) is 0 Å². The first kappa shape index (κ1) is 40.3. The van der Waals surface area contributed by atoms with Crippen LogP contribution in [0.2, 0.25) is 10.0 Å². The molecule has 0 aliphatic heterocycles. The van der Waals surface area contributed by atoms with Crippen LogP contribution in [-0.4, -0.2) is 79.7 Å². The smallest absolute Gasteiger partial charge is 0.407 e. The average molecular weight is 748 g/mol. The lowest BCUT2D eigenvalue weighted by Gasteiger charge is -2.25. The van der Waals surface area contributed by atoms with E-state index in [0.717, 1.165) is 15.4 Å². The molecule has 0 spiro atoms. The number of ether oxygens (including phenoxy) is 1. The standard InChI is InChI=1S/C35H44Cl2N6O6S/c1-24-28(36)15-16-29(32(24)37)50(47,48)43(20-17-25-9-6-5-7-10-25)23-30(44)41-21-31(45)42(19-8-18-40-34(46)49-35(2,3)4)22-26-11-13-27(14-12-26)33(38)39/h5-7,9-16H,8,17-23H2,1-4H3,(H3,38,39)(H,40,46)(H,41,44). The highest BCUT2D eigenvalue weighted by Crippen LogP contribution is 2.32. The van der Waals surface area contributed by atoms with Gasteiger partial charge in [-0.15, -0.1) is 0 Å². The summed E-state index contributed by atoms with van der Waals surface area (Å²) in [4.78, 5) is 40.1. The van der Waals surface area contributed by atoms with Gasteiger partial charge in [0, 0.05) is 36.8 Å². The number of nitrogens with two attached hydrogens (primary N) is 1. The van der Waals surface area contributed by atoms with Gasteiger partial charge in [-0.3, -0.25) is 15.0 Å². The van der Waals surface area contributed by atoms with Crippen LogP contribution >= 0.6 is 23.2 Å². The SMILES string of the molecule is Cc1c(Cl)ccc(S(=O)(=O)N(CCc2ccccc2)CC(=O)NCC(=O)N(CCCNC(=O)OC(C)(C)C)Cc2ccc(C(=N)N)cc2)c1Cl. The van der Waals surface area contributed by atoms with Gasteiger partial charge in [-0.2, -0.15) is 4.31 Å². The number of sulfonamides is 1. The van der Waals surface area contributed by atoms with Gasteiger partial charge >= 0.3 is 6.09 Å². The fourth-order valence-corrected chi connectivity index (χ4v) is 6.92. The number of hydrogen-bond donors (Lipinski definition) is 4. The van der Waals surface area contributed by atoms with Crippen molar-refractivity contribution in [1.29, 1.82) is 5.41 Å². The Kier molecular flexibility index (Phi) is 14.6. The number of rotatable bonds is 16. The van der Waals surface area contributed by atoms with Gasteiger partial charge in [0.05, 0.1) is 18.1 Å². The molecule has 50 heavy (non-hydrogen) atoms. The average Bonchev–Trinajstić information content (AvgIpc) is 3.05. The van der Waals surface area contributed by atoms with Gasteiger partial charge in [-0.1, -0.05) is 77.8 Å². The van der Waals surface area contributed by atoms with Crippen molar-refractivity contribution in [3.05, 3.63) is 99.0 Å². The number of carbonyl (C=O) groups is 3. The number of nitrogens with one attached hydrogen (secondary N) is 3. The molecule has 3 amide bonds. The van der Waals surface area contributed by atoms with E-state index in [1.807, 2.05) is 30.3 Å². The lowest BCUT2D eigenvalue weighted by atomic mass is 10.1. The van der Waals surface area contributed by atoms with Crippen LogP contribution in [0.4, 0.5) is 4.79 Å². The molecule has 3 rings (SSSR count). The number of nitrogens with zero attached hydrogens (tertiary/aromatic N) is 2. The van der Waals surface area contributed by atoms with E-state index in [4.69, 9.17) is 39.1 Å². The quantitative estimate of drug-likeness (QED) is 0.0918. The fourth-order valence-electron chi connectivity index (χ4n) is 4.74. The lowest BCUT2D eigenvalue weighted by molar-refractivity contribution is -0.133. The first-order valence-electron chi connectivity index (χ1n) is 15.9. The molecular formula is C35H44Cl2N6O6S. The van der Waals surface area contributed by atoms with Crippen LogP contribution in [0, 0.1) is 12.3 Å². The Morgan fingerprint density at radius 1 is 0.920 bits per heavy atom. The maximum absolute atomic E-state index is 13.8. The Bertz CT molecular complexity index is 1770. The Labute approximate surface area is 303 Å². The van der Waals surface area contributed by atoms with Crippen LogP contribution in [0.15, 0.2) is 71.6 Å². The third kappa shape index (κ3) is 12.3. The highest BCUT2D eigenvalue weighted by Gasteiger charge is 2.30. The zero-order valence-electron chi connectivity index (χ0n) is 28.6. The molecule has 0 aliphatic carbocycles. The van der Waals surface area contributed by atoms with Gasteiger partial charge in [0.1, 0.15) is 16.3 Å². The van der Waals surface area contributed by atoms with E-state index in [1.54, 1.807) is 52.0 Å². The monoisotopic (exact) mass is 746 g/mol. The number of hydrogen-bond acceptors (Lipinski definition) is 7. The van der Waals surface area contributed by atoms with Gasteiger partial charge < -0.3 is 26.0 Å². The summed E-state index contributed by atoms with van der Waals surface area (Å²) in [6, 6.07) is 18.8. The molecule has 0 fully saturated rings. The number of nitrogen functional groups attached to an aromatic ring is 1. The number of halogens is 2. The molecule has 15 heteroatoms. The second kappa shape index (κ2) is 18.2. The van der Waals surface area contributed by atoms with Crippen molar-refractivity contribution in [1.82, 2.24) is 19.8 Å². The number of benzene rings is 3. The van der Waals surface area contributed by atoms with E-state index >= 15 is 0 Å². The van der Waals surface area contributed by atoms with Gasteiger partial charge in [0.25, 0.3) is 0 Å². The van der Waals surface area contributed by atoms with Crippen LogP contribution in [0.25, 0.3) is 0 Å². The summed E-state index contributed by atoms with van der Waals surface area (Å²) < 4.78 is 34.0. The Morgan fingerprint density at radius 3 is 2.20 bits per heavy atom. The fraction of sp³-hybridized carbons (Fsp3) is 0.371. The number of amidine groups is 1. The number of alkyl carbamates (subject to hydrolysis) is 1. The van der Waals surface area contributed by atoms with E-state index in [0.29, 0.717) is 29.0 Å². The molecule has 0 bridgehead atoms. The largest absolute Gasteiger partial charge is 0.444 e. The van der Waals surface area contributed by atoms with Crippen LogP contribution < -0.4 is 16.4 Å². The Hall–Kier alpha value is -4.17. The second-order valence-corrected chi connectivity index (χ2v) is 15.2. The topological polar surface area (TPSA) is 175 Å². The molecular weight excluding hydrogens is 703 g/mol. The maximum atomic E-state index is 13.8. The molecule has 0 atom stereocenters. The molecule has 3 aromatic carbocycles. The van der Waals surface area contributed by atoms with Crippen molar-refractivity contribution < 1.29 is 27.5 Å². The van der Waals surface area contributed by atoms with E-state index in [9.17, 15) is 22.8 Å². The molecule has 12 nitrogen and oxygen atoms in total. The molecule has 270 valence electrons. The van der Waals surface area contributed by atoms with E-state index in [-0.39, 0.29) is 41.9 Å². The minimum absolute atomic E-state index is 0.0290. The molecule has 0 heterocycles. The summed E-state index contributed by atoms with van der Waals surface area (Å²) >= 11 is 12.6. The molecule has 3 aromatic rings. The summed E-state index contributed by atoms with van der Waals surface area (Å²) in [5.41, 5.74) is 7.45. The van der Waals surface area contributed by atoms with Crippen molar-refractivity contribution in [2.75, 3.05) is 32.7 Å². The third-order valence-electron chi connectivity index (χ3n) is 7.42. The lowest BCUT2D eigenvalue weighted by Crippen LogP contribution is -2.45. The second-order valence-electron chi connectivity index (χ2n) is 12.5. The normalized spacial score (nSPS) is 11.6. The molecule has 0 saturated carbocycles. The van der Waals surface area contributed by atoms with Gasteiger partial charge in [0.2, 0.25) is 21.8 Å². The molecule has 0 aliphatic rings. The van der Waals surface area contributed by atoms with Crippen molar-refractivity contribution in [2.24, 2.45) is 5.73 Å². The van der Waals surface area contributed by atoms with Crippen LogP contribution in [-0.2, 0) is 37.3 Å². The molecule has 0 saturated heterocycles. The number of carbonyl (C=O) groups excluding carboxylic acids is 3. The molecule has 0 aromatic heterocycles. The number of amides is 3. The molecule has 0 radical (unpaired) electrons. The summed E-state index contributed by atoms with van der Waals surface area (Å²) in [6.45, 7) is 6.50. The Morgan fingerprint density at radius 2 is 1.58 bits per heavy atom. The summed E-state index contributed by atoms with van der Waals surface area (Å²) in [5.74, 6) is -1.20. The van der Waals surface area contributed by atoms with Crippen molar-refractivity contribution in [3.63, 3.8) is 0 Å². The van der Waals surface area contributed by atoms with Crippen molar-refractivity contribution >= 4 is 57.0 Å². The van der Waals surface area contributed by atoms with Crippen molar-refractivity contribution in [2.45, 2.75) is 57.6 Å². The first-order valence-corrected chi connectivity index (χ1v) is 18.1. The van der Waals surface area contributed by atoms with E-state index in [1.165, 1.54) is 17.0 Å². The van der Waals surface area contributed by atoms with Gasteiger partial charge in [-0.05, 0) is 69.4 Å². The van der Waals surface area contributed by atoms with E-state index < -0.39 is 46.6 Å². The minimum atomic E-state index is -4.26. The predicted molar refractivity (Wildman–Crippen MR) is 195 cm³/mol. The van der Waals surface area contributed by atoms with E-state index in [2.05, 4.69) is 10.6 Å². The zero-order valence-corrected chi connectivity index (χ0v) is 30.9. The first-order chi connectivity index (χ1) is 23.5. The minimum Gasteiger partial charge on any atom is -0.444 e. The summed E-state index contributed by atoms with van der Waals surface area (Å²) in [5, 5.41) is 13.1. The van der Waals surface area contributed by atoms with Crippen molar-refractivity contribution in [3.8, 4) is 0 Å². The third-order valence-corrected chi connectivity index (χ3v) is 10.3. The summed E-state index contributed by atoms with van der Waals surface area (Å²) in [7, 11) is -4.26. The van der Waals surface area contributed by atoms with Gasteiger partial charge in [-0.25, -0.2) is 13.2 Å². The van der Waals surface area contributed by atoms with Crippen LogP contribution in [0.1, 0.15) is 49.4 Å².